The standard InChI is InChI=1S/C16H24N4/c1-16(2,8-5-9-17)13-19-14-7-11-20(12-14)15-6-3-4-10-18-15/h3-4,6,10,14,19H,5,7-8,11-13H2,1-2H3/t14-/m1/s1. The first-order valence-corrected chi connectivity index (χ1v) is 7.37. The second-order valence-electron chi connectivity index (χ2n) is 6.32. The van der Waals surface area contributed by atoms with Crippen molar-refractivity contribution >= 4 is 5.82 Å². The van der Waals surface area contributed by atoms with Crippen molar-refractivity contribution in [3.05, 3.63) is 24.4 Å². The molecule has 4 nitrogen and oxygen atoms in total. The lowest BCUT2D eigenvalue weighted by atomic mass is 9.88. The van der Waals surface area contributed by atoms with Crippen molar-refractivity contribution in [2.75, 3.05) is 24.5 Å². The van der Waals surface area contributed by atoms with Crippen LogP contribution in [0.3, 0.4) is 0 Å². The average Bonchev–Trinajstić information content (AvgIpc) is 2.93. The second kappa shape index (κ2) is 6.71. The van der Waals surface area contributed by atoms with Crippen molar-refractivity contribution in [3.8, 4) is 6.07 Å². The molecular weight excluding hydrogens is 248 g/mol. The van der Waals surface area contributed by atoms with Crippen molar-refractivity contribution in [1.29, 1.82) is 5.26 Å². The normalized spacial score (nSPS) is 19.1. The van der Waals surface area contributed by atoms with Crippen LogP contribution in [-0.2, 0) is 0 Å². The molecule has 2 rings (SSSR count). The highest BCUT2D eigenvalue weighted by molar-refractivity contribution is 5.39. The molecule has 0 saturated carbocycles. The molecule has 0 spiro atoms. The summed E-state index contributed by atoms with van der Waals surface area (Å²) in [5.74, 6) is 1.07. The number of anilines is 1. The lowest BCUT2D eigenvalue weighted by Gasteiger charge is -2.26. The van der Waals surface area contributed by atoms with Gasteiger partial charge in [0.15, 0.2) is 0 Å². The predicted molar refractivity (Wildman–Crippen MR) is 81.5 cm³/mol. The number of rotatable bonds is 6. The molecule has 0 unspecified atom stereocenters. The molecule has 2 heterocycles. The monoisotopic (exact) mass is 272 g/mol. The molecular formula is C16H24N4. The van der Waals surface area contributed by atoms with E-state index >= 15 is 0 Å². The van der Waals surface area contributed by atoms with Gasteiger partial charge in [-0.2, -0.15) is 5.26 Å². The summed E-state index contributed by atoms with van der Waals surface area (Å²) >= 11 is 0. The third-order valence-corrected chi connectivity index (χ3v) is 3.94. The number of hydrogen-bond donors (Lipinski definition) is 1. The molecule has 0 aromatic carbocycles. The van der Waals surface area contributed by atoms with Crippen LogP contribution < -0.4 is 10.2 Å². The molecule has 1 atom stereocenters. The third-order valence-electron chi connectivity index (χ3n) is 3.94. The van der Waals surface area contributed by atoms with Gasteiger partial charge in [-0.25, -0.2) is 4.98 Å². The largest absolute Gasteiger partial charge is 0.355 e. The Bertz CT molecular complexity index is 449. The molecule has 1 saturated heterocycles. The maximum Gasteiger partial charge on any atom is 0.128 e. The van der Waals surface area contributed by atoms with Crippen LogP contribution in [0.15, 0.2) is 24.4 Å². The van der Waals surface area contributed by atoms with Crippen LogP contribution in [-0.4, -0.2) is 30.7 Å². The highest BCUT2D eigenvalue weighted by Crippen LogP contribution is 2.22. The Balaban J connectivity index is 1.78. The number of pyridine rings is 1. The van der Waals surface area contributed by atoms with E-state index in [1.165, 1.54) is 0 Å². The van der Waals surface area contributed by atoms with Gasteiger partial charge in [-0.1, -0.05) is 19.9 Å². The Labute approximate surface area is 121 Å². The molecule has 1 fully saturated rings. The van der Waals surface area contributed by atoms with Crippen molar-refractivity contribution in [3.63, 3.8) is 0 Å². The van der Waals surface area contributed by atoms with Gasteiger partial charge >= 0.3 is 0 Å². The van der Waals surface area contributed by atoms with Crippen LogP contribution in [0.2, 0.25) is 0 Å². The summed E-state index contributed by atoms with van der Waals surface area (Å²) in [6.45, 7) is 7.50. The summed E-state index contributed by atoms with van der Waals surface area (Å²) in [6.07, 6.45) is 4.60. The van der Waals surface area contributed by atoms with Crippen LogP contribution in [0.4, 0.5) is 5.82 Å². The van der Waals surface area contributed by atoms with Crippen LogP contribution in [0, 0.1) is 16.7 Å². The first-order chi connectivity index (χ1) is 9.61. The fraction of sp³-hybridized carbons (Fsp3) is 0.625. The van der Waals surface area contributed by atoms with Gasteiger partial charge in [0.25, 0.3) is 0 Å². The lowest BCUT2D eigenvalue weighted by Crippen LogP contribution is -2.38. The van der Waals surface area contributed by atoms with E-state index in [-0.39, 0.29) is 5.41 Å². The summed E-state index contributed by atoms with van der Waals surface area (Å²) in [7, 11) is 0. The van der Waals surface area contributed by atoms with Crippen molar-refractivity contribution < 1.29 is 0 Å². The van der Waals surface area contributed by atoms with Crippen molar-refractivity contribution in [2.45, 2.75) is 39.2 Å². The zero-order valence-corrected chi connectivity index (χ0v) is 12.5. The molecule has 0 aliphatic carbocycles. The summed E-state index contributed by atoms with van der Waals surface area (Å²) in [5, 5.41) is 12.3. The smallest absolute Gasteiger partial charge is 0.128 e. The fourth-order valence-electron chi connectivity index (χ4n) is 2.58. The van der Waals surface area contributed by atoms with E-state index in [0.717, 1.165) is 38.3 Å². The third kappa shape index (κ3) is 4.21. The van der Waals surface area contributed by atoms with Gasteiger partial charge in [-0.15, -0.1) is 0 Å². The van der Waals surface area contributed by atoms with Crippen molar-refractivity contribution in [2.24, 2.45) is 5.41 Å². The number of nitrogens with zero attached hydrogens (tertiary/aromatic N) is 3. The van der Waals surface area contributed by atoms with Gasteiger partial charge in [0, 0.05) is 38.3 Å². The predicted octanol–water partition coefficient (Wildman–Crippen LogP) is 2.58. The minimum atomic E-state index is 0.189. The van der Waals surface area contributed by atoms with E-state index in [1.807, 2.05) is 18.3 Å². The van der Waals surface area contributed by atoms with E-state index in [2.05, 4.69) is 41.2 Å². The first-order valence-electron chi connectivity index (χ1n) is 7.37. The molecule has 1 aliphatic heterocycles. The number of nitrogens with one attached hydrogen (secondary N) is 1. The minimum absolute atomic E-state index is 0.189. The molecule has 0 amide bonds. The minimum Gasteiger partial charge on any atom is -0.355 e. The molecule has 0 bridgehead atoms. The zero-order valence-electron chi connectivity index (χ0n) is 12.5. The Kier molecular flexibility index (Phi) is 4.97. The maximum absolute atomic E-state index is 8.69. The number of aromatic nitrogens is 1. The van der Waals surface area contributed by atoms with E-state index in [9.17, 15) is 0 Å². The summed E-state index contributed by atoms with van der Waals surface area (Å²) in [4.78, 5) is 6.74. The van der Waals surface area contributed by atoms with Gasteiger partial charge < -0.3 is 10.2 Å². The van der Waals surface area contributed by atoms with Gasteiger partial charge in [-0.3, -0.25) is 0 Å². The number of hydrogen-bond acceptors (Lipinski definition) is 4. The molecule has 0 radical (unpaired) electrons. The van der Waals surface area contributed by atoms with E-state index < -0.39 is 0 Å². The van der Waals surface area contributed by atoms with Crippen molar-refractivity contribution in [1.82, 2.24) is 10.3 Å². The van der Waals surface area contributed by atoms with Gasteiger partial charge in [-0.05, 0) is 30.4 Å². The first kappa shape index (κ1) is 14.8. The van der Waals surface area contributed by atoms with Crippen LogP contribution in [0.1, 0.15) is 33.1 Å². The SMILES string of the molecule is CC(C)(CCC#N)CN[C@@H]1CCN(c2ccccn2)C1. The molecule has 4 heteroatoms. The van der Waals surface area contributed by atoms with Gasteiger partial charge in [0.05, 0.1) is 6.07 Å². The molecule has 1 aromatic rings. The molecule has 1 aromatic heterocycles. The molecule has 20 heavy (non-hydrogen) atoms. The Hall–Kier alpha value is -1.60. The van der Waals surface area contributed by atoms with Crippen LogP contribution in [0.5, 0.6) is 0 Å². The average molecular weight is 272 g/mol. The second-order valence-corrected chi connectivity index (χ2v) is 6.32. The van der Waals surface area contributed by atoms with E-state index in [0.29, 0.717) is 12.5 Å². The highest BCUT2D eigenvalue weighted by atomic mass is 15.2. The Morgan fingerprint density at radius 1 is 1.50 bits per heavy atom. The van der Waals surface area contributed by atoms with Gasteiger partial charge in [0.1, 0.15) is 5.82 Å². The van der Waals surface area contributed by atoms with Crippen LogP contribution in [0.25, 0.3) is 0 Å². The van der Waals surface area contributed by atoms with E-state index in [1.54, 1.807) is 0 Å². The van der Waals surface area contributed by atoms with E-state index in [4.69, 9.17) is 5.26 Å². The zero-order chi connectivity index (χ0) is 14.4. The molecule has 1 aliphatic rings. The summed E-state index contributed by atoms with van der Waals surface area (Å²) in [5.41, 5.74) is 0.189. The molecule has 108 valence electrons. The fourth-order valence-corrected chi connectivity index (χ4v) is 2.58. The Morgan fingerprint density at radius 2 is 2.35 bits per heavy atom. The quantitative estimate of drug-likeness (QED) is 0.865. The maximum atomic E-state index is 8.69. The highest BCUT2D eigenvalue weighted by Gasteiger charge is 2.25. The lowest BCUT2D eigenvalue weighted by molar-refractivity contribution is 0.303. The van der Waals surface area contributed by atoms with Gasteiger partial charge in [0.2, 0.25) is 0 Å². The number of nitriles is 1. The Morgan fingerprint density at radius 3 is 3.05 bits per heavy atom. The summed E-state index contributed by atoms with van der Waals surface area (Å²) in [6, 6.07) is 8.82. The topological polar surface area (TPSA) is 52.0 Å². The van der Waals surface area contributed by atoms with Crippen LogP contribution >= 0.6 is 0 Å². The summed E-state index contributed by atoms with van der Waals surface area (Å²) < 4.78 is 0. The molecule has 1 N–H and O–H groups in total.